The normalized spacial score (nSPS) is 12.6. The van der Waals surface area contributed by atoms with Gasteiger partial charge in [-0.3, -0.25) is 0 Å². The first kappa shape index (κ1) is 13.2. The first-order valence-corrected chi connectivity index (χ1v) is 6.91. The Morgan fingerprint density at radius 1 is 1.33 bits per heavy atom. The van der Waals surface area contributed by atoms with Crippen LogP contribution >= 0.6 is 11.3 Å². The molecule has 0 fully saturated rings. The van der Waals surface area contributed by atoms with Crippen LogP contribution in [0.5, 0.6) is 0 Å². The summed E-state index contributed by atoms with van der Waals surface area (Å²) in [5.41, 5.74) is 1.13. The fourth-order valence-electron chi connectivity index (χ4n) is 1.91. The molecule has 0 radical (unpaired) electrons. The third-order valence-electron chi connectivity index (χ3n) is 2.79. The SMILES string of the molecule is CCNC(Cc1ccc(F)cc1)c1cnc(C)s1. The van der Waals surface area contributed by atoms with Crippen molar-refractivity contribution < 1.29 is 4.39 Å². The molecule has 18 heavy (non-hydrogen) atoms. The number of benzene rings is 1. The van der Waals surface area contributed by atoms with E-state index in [9.17, 15) is 4.39 Å². The van der Waals surface area contributed by atoms with E-state index in [1.807, 2.05) is 25.3 Å². The Kier molecular flexibility index (Phi) is 4.44. The molecule has 0 amide bonds. The zero-order chi connectivity index (χ0) is 13.0. The van der Waals surface area contributed by atoms with Gasteiger partial charge in [-0.05, 0) is 37.6 Å². The lowest BCUT2D eigenvalue weighted by Crippen LogP contribution is -2.22. The number of halogens is 1. The van der Waals surface area contributed by atoms with E-state index in [1.54, 1.807) is 11.3 Å². The Morgan fingerprint density at radius 3 is 2.61 bits per heavy atom. The largest absolute Gasteiger partial charge is 0.309 e. The monoisotopic (exact) mass is 264 g/mol. The van der Waals surface area contributed by atoms with E-state index in [0.717, 1.165) is 23.5 Å². The van der Waals surface area contributed by atoms with Gasteiger partial charge in [0.2, 0.25) is 0 Å². The van der Waals surface area contributed by atoms with Gasteiger partial charge in [0.15, 0.2) is 0 Å². The summed E-state index contributed by atoms with van der Waals surface area (Å²) in [6, 6.07) is 6.96. The van der Waals surface area contributed by atoms with Gasteiger partial charge in [0.1, 0.15) is 5.82 Å². The second-order valence-corrected chi connectivity index (χ2v) is 5.49. The molecule has 2 nitrogen and oxygen atoms in total. The zero-order valence-corrected chi connectivity index (χ0v) is 11.4. The van der Waals surface area contributed by atoms with Crippen LogP contribution in [0.25, 0.3) is 0 Å². The third-order valence-corrected chi connectivity index (χ3v) is 3.81. The van der Waals surface area contributed by atoms with Crippen molar-refractivity contribution in [3.63, 3.8) is 0 Å². The van der Waals surface area contributed by atoms with Crippen molar-refractivity contribution in [2.75, 3.05) is 6.54 Å². The Hall–Kier alpha value is -1.26. The lowest BCUT2D eigenvalue weighted by Gasteiger charge is -2.16. The Labute approximate surface area is 111 Å². The Balaban J connectivity index is 2.13. The maximum absolute atomic E-state index is 12.9. The number of hydrogen-bond acceptors (Lipinski definition) is 3. The molecule has 1 aromatic heterocycles. The average molecular weight is 264 g/mol. The van der Waals surface area contributed by atoms with Crippen LogP contribution in [0.3, 0.4) is 0 Å². The topological polar surface area (TPSA) is 24.9 Å². The molecule has 1 atom stereocenters. The lowest BCUT2D eigenvalue weighted by molar-refractivity contribution is 0.556. The number of aryl methyl sites for hydroxylation is 1. The van der Waals surface area contributed by atoms with Crippen molar-refractivity contribution >= 4 is 11.3 Å². The summed E-state index contributed by atoms with van der Waals surface area (Å²) in [6.07, 6.45) is 2.78. The number of aromatic nitrogens is 1. The minimum absolute atomic E-state index is 0.188. The number of rotatable bonds is 5. The average Bonchev–Trinajstić information content (AvgIpc) is 2.78. The first-order chi connectivity index (χ1) is 8.69. The molecule has 0 aliphatic heterocycles. The molecule has 2 rings (SSSR count). The predicted octanol–water partition coefficient (Wildman–Crippen LogP) is 3.48. The Bertz CT molecular complexity index is 493. The van der Waals surface area contributed by atoms with Crippen LogP contribution in [0, 0.1) is 12.7 Å². The van der Waals surface area contributed by atoms with E-state index in [1.165, 1.54) is 17.0 Å². The summed E-state index contributed by atoms with van der Waals surface area (Å²) in [6.45, 7) is 5.00. The van der Waals surface area contributed by atoms with Crippen LogP contribution in [-0.4, -0.2) is 11.5 Å². The second kappa shape index (κ2) is 6.07. The van der Waals surface area contributed by atoms with Gasteiger partial charge >= 0.3 is 0 Å². The maximum Gasteiger partial charge on any atom is 0.123 e. The molecule has 0 aliphatic carbocycles. The molecule has 0 bridgehead atoms. The first-order valence-electron chi connectivity index (χ1n) is 6.09. The van der Waals surface area contributed by atoms with E-state index in [4.69, 9.17) is 0 Å². The number of hydrogen-bond donors (Lipinski definition) is 1. The summed E-state index contributed by atoms with van der Waals surface area (Å²) in [7, 11) is 0. The molecule has 4 heteroatoms. The second-order valence-electron chi connectivity index (χ2n) is 4.22. The Morgan fingerprint density at radius 2 is 2.06 bits per heavy atom. The zero-order valence-electron chi connectivity index (χ0n) is 10.6. The van der Waals surface area contributed by atoms with Crippen molar-refractivity contribution in [3.05, 3.63) is 51.7 Å². The fraction of sp³-hybridized carbons (Fsp3) is 0.357. The van der Waals surface area contributed by atoms with Crippen LogP contribution in [0.15, 0.2) is 30.5 Å². The van der Waals surface area contributed by atoms with E-state index in [2.05, 4.69) is 17.2 Å². The molecule has 1 unspecified atom stereocenters. The van der Waals surface area contributed by atoms with E-state index in [0.29, 0.717) is 0 Å². The molecule has 0 saturated carbocycles. The summed E-state index contributed by atoms with van der Waals surface area (Å²) < 4.78 is 12.9. The molecule has 2 aromatic rings. The van der Waals surface area contributed by atoms with Crippen LogP contribution in [0.4, 0.5) is 4.39 Å². The molecule has 96 valence electrons. The summed E-state index contributed by atoms with van der Waals surface area (Å²) in [5.74, 6) is -0.188. The summed E-state index contributed by atoms with van der Waals surface area (Å²) >= 11 is 1.71. The van der Waals surface area contributed by atoms with Crippen LogP contribution in [0.2, 0.25) is 0 Å². The quantitative estimate of drug-likeness (QED) is 0.894. The molecule has 0 saturated heterocycles. The van der Waals surface area contributed by atoms with Gasteiger partial charge in [0.25, 0.3) is 0 Å². The van der Waals surface area contributed by atoms with E-state index >= 15 is 0 Å². The molecule has 1 N–H and O–H groups in total. The van der Waals surface area contributed by atoms with Gasteiger partial charge < -0.3 is 5.32 Å². The molecular formula is C14H17FN2S. The highest BCUT2D eigenvalue weighted by Crippen LogP contribution is 2.24. The van der Waals surface area contributed by atoms with Gasteiger partial charge in [-0.1, -0.05) is 19.1 Å². The molecule has 1 aromatic carbocycles. The van der Waals surface area contributed by atoms with Crippen LogP contribution < -0.4 is 5.32 Å². The highest BCUT2D eigenvalue weighted by molar-refractivity contribution is 7.11. The summed E-state index contributed by atoms with van der Waals surface area (Å²) in [4.78, 5) is 5.53. The fourth-order valence-corrected chi connectivity index (χ4v) is 2.78. The van der Waals surface area contributed by atoms with Gasteiger partial charge in [0.05, 0.1) is 5.01 Å². The standard InChI is InChI=1S/C14H17FN2S/c1-3-16-13(14-9-17-10(2)18-14)8-11-4-6-12(15)7-5-11/h4-7,9,13,16H,3,8H2,1-2H3. The third kappa shape index (κ3) is 3.37. The highest BCUT2D eigenvalue weighted by Gasteiger charge is 2.13. The van der Waals surface area contributed by atoms with Gasteiger partial charge in [-0.15, -0.1) is 11.3 Å². The maximum atomic E-state index is 12.9. The van der Waals surface area contributed by atoms with Crippen molar-refractivity contribution in [2.24, 2.45) is 0 Å². The van der Waals surface area contributed by atoms with Crippen molar-refractivity contribution in [2.45, 2.75) is 26.3 Å². The van der Waals surface area contributed by atoms with Gasteiger partial charge in [-0.2, -0.15) is 0 Å². The molecule has 0 spiro atoms. The smallest absolute Gasteiger partial charge is 0.123 e. The minimum atomic E-state index is -0.188. The lowest BCUT2D eigenvalue weighted by atomic mass is 10.1. The predicted molar refractivity (Wildman–Crippen MR) is 73.4 cm³/mol. The highest BCUT2D eigenvalue weighted by atomic mass is 32.1. The number of likely N-dealkylation sites (N-methyl/N-ethyl adjacent to an activating group) is 1. The van der Waals surface area contributed by atoms with Crippen molar-refractivity contribution in [1.82, 2.24) is 10.3 Å². The number of nitrogens with zero attached hydrogens (tertiary/aromatic N) is 1. The number of nitrogens with one attached hydrogen (secondary N) is 1. The van der Waals surface area contributed by atoms with Crippen molar-refractivity contribution in [1.29, 1.82) is 0 Å². The van der Waals surface area contributed by atoms with E-state index in [-0.39, 0.29) is 11.9 Å². The molecule has 1 heterocycles. The van der Waals surface area contributed by atoms with Gasteiger partial charge in [-0.25, -0.2) is 9.37 Å². The van der Waals surface area contributed by atoms with E-state index < -0.39 is 0 Å². The van der Waals surface area contributed by atoms with Crippen LogP contribution in [-0.2, 0) is 6.42 Å². The van der Waals surface area contributed by atoms with Crippen LogP contribution in [0.1, 0.15) is 28.4 Å². The van der Waals surface area contributed by atoms with Crippen molar-refractivity contribution in [3.8, 4) is 0 Å². The summed E-state index contributed by atoms with van der Waals surface area (Å²) in [5, 5.41) is 4.53. The molecular weight excluding hydrogens is 247 g/mol. The molecule has 0 aliphatic rings. The number of thiazole rings is 1. The van der Waals surface area contributed by atoms with Gasteiger partial charge in [0, 0.05) is 17.1 Å². The minimum Gasteiger partial charge on any atom is -0.309 e.